The van der Waals surface area contributed by atoms with Crippen LogP contribution in [0, 0.1) is 5.41 Å². The highest BCUT2D eigenvalue weighted by molar-refractivity contribution is 5.86. The molecule has 0 bridgehead atoms. The van der Waals surface area contributed by atoms with Crippen molar-refractivity contribution in [3.8, 4) is 5.75 Å². The van der Waals surface area contributed by atoms with Crippen molar-refractivity contribution < 1.29 is 27.8 Å². The topological polar surface area (TPSA) is 53.0 Å². The molecule has 2 saturated heterocycles. The Morgan fingerprint density at radius 1 is 1.10 bits per heavy atom. The minimum absolute atomic E-state index is 0.172. The Kier molecular flexibility index (Phi) is 5.40. The third-order valence-corrected chi connectivity index (χ3v) is 6.65. The molecule has 0 radical (unpaired) electrons. The quantitative estimate of drug-likeness (QED) is 0.823. The largest absolute Gasteiger partial charge is 0.573 e. The maximum Gasteiger partial charge on any atom is 0.573 e. The number of rotatable bonds is 3. The Morgan fingerprint density at radius 2 is 1.86 bits per heavy atom. The molecule has 3 fully saturated rings. The number of carbonyl (C=O) groups is 1. The molecule has 2 aliphatic heterocycles. The Bertz CT molecular complexity index is 749. The molecule has 1 amide bonds. The Labute approximate surface area is 168 Å². The fourth-order valence-corrected chi connectivity index (χ4v) is 5.17. The van der Waals surface area contributed by atoms with Crippen molar-refractivity contribution in [1.82, 2.24) is 4.90 Å². The first-order chi connectivity index (χ1) is 13.8. The zero-order valence-corrected chi connectivity index (χ0v) is 16.3. The molecule has 1 N–H and O–H groups in total. The summed E-state index contributed by atoms with van der Waals surface area (Å²) in [6.45, 7) is 1.96. The van der Waals surface area contributed by atoms with Crippen molar-refractivity contribution in [1.29, 1.82) is 0 Å². The third kappa shape index (κ3) is 4.32. The number of likely N-dealkylation sites (tertiary alicyclic amines) is 1. The molecule has 0 aromatic heterocycles. The highest BCUT2D eigenvalue weighted by atomic mass is 19.4. The lowest BCUT2D eigenvalue weighted by atomic mass is 9.78. The fourth-order valence-electron chi connectivity index (χ4n) is 5.17. The number of benzene rings is 1. The van der Waals surface area contributed by atoms with Crippen LogP contribution in [0.4, 0.5) is 18.9 Å². The zero-order chi connectivity index (χ0) is 20.6. The van der Waals surface area contributed by atoms with E-state index in [2.05, 4.69) is 4.74 Å². The molecule has 3 aliphatic rings. The summed E-state index contributed by atoms with van der Waals surface area (Å²) in [6.07, 6.45) is 0.582. The van der Waals surface area contributed by atoms with Gasteiger partial charge in [0.05, 0.1) is 11.5 Å². The van der Waals surface area contributed by atoms with Gasteiger partial charge in [-0.2, -0.15) is 0 Å². The van der Waals surface area contributed by atoms with Crippen molar-refractivity contribution in [3.63, 3.8) is 0 Å². The summed E-state index contributed by atoms with van der Waals surface area (Å²) in [5, 5.41) is 9.74. The minimum Gasteiger partial charge on any atom is -0.406 e. The number of aliphatic hydroxyl groups excluding tert-OH is 1. The standard InChI is InChI=1S/C21H27F3N2O3/c22-21(23,24)29-18-4-1-3-16(13-18)25-11-2-9-20(14-25)10-12-26(19(20)28)15-5-7-17(27)8-6-15/h1,3-4,13,15,17,27H,2,5-12,14H2/t15?,17?,20-/m0/s1. The second-order valence-electron chi connectivity index (χ2n) is 8.56. The molecule has 1 saturated carbocycles. The van der Waals surface area contributed by atoms with Crippen LogP contribution in [0.5, 0.6) is 5.75 Å². The van der Waals surface area contributed by atoms with Gasteiger partial charge in [-0.15, -0.1) is 13.2 Å². The van der Waals surface area contributed by atoms with Gasteiger partial charge < -0.3 is 19.6 Å². The molecule has 29 heavy (non-hydrogen) atoms. The van der Waals surface area contributed by atoms with Crippen LogP contribution in [0.3, 0.4) is 0 Å². The average Bonchev–Trinajstić information content (AvgIpc) is 2.97. The summed E-state index contributed by atoms with van der Waals surface area (Å²) in [6, 6.07) is 6.20. The van der Waals surface area contributed by atoms with Crippen LogP contribution in [0.25, 0.3) is 0 Å². The van der Waals surface area contributed by atoms with E-state index in [9.17, 15) is 23.1 Å². The predicted octanol–water partition coefficient (Wildman–Crippen LogP) is 3.71. The number of nitrogens with zero attached hydrogens (tertiary/aromatic N) is 2. The lowest BCUT2D eigenvalue weighted by molar-refractivity contribution is -0.274. The molecule has 160 valence electrons. The molecule has 8 heteroatoms. The van der Waals surface area contributed by atoms with E-state index in [-0.39, 0.29) is 23.8 Å². The number of piperidine rings is 1. The maximum absolute atomic E-state index is 13.4. The van der Waals surface area contributed by atoms with Crippen molar-refractivity contribution >= 4 is 11.6 Å². The number of carbonyl (C=O) groups excluding carboxylic acids is 1. The summed E-state index contributed by atoms with van der Waals surface area (Å²) >= 11 is 0. The maximum atomic E-state index is 13.4. The Morgan fingerprint density at radius 3 is 2.59 bits per heavy atom. The number of hydrogen-bond acceptors (Lipinski definition) is 4. The van der Waals surface area contributed by atoms with Gasteiger partial charge in [0, 0.05) is 37.4 Å². The molecule has 1 aromatic carbocycles. The molecular formula is C21H27F3N2O3. The van der Waals surface area contributed by atoms with Gasteiger partial charge in [-0.3, -0.25) is 4.79 Å². The summed E-state index contributed by atoms with van der Waals surface area (Å²) in [4.78, 5) is 17.4. The first-order valence-corrected chi connectivity index (χ1v) is 10.4. The molecule has 1 atom stereocenters. The molecular weight excluding hydrogens is 385 g/mol. The van der Waals surface area contributed by atoms with Crippen LogP contribution in [-0.4, -0.2) is 54.1 Å². The fraction of sp³-hybridized carbons (Fsp3) is 0.667. The van der Waals surface area contributed by atoms with Gasteiger partial charge in [0.2, 0.25) is 5.91 Å². The van der Waals surface area contributed by atoms with Crippen molar-refractivity contribution in [3.05, 3.63) is 24.3 Å². The number of anilines is 1. The van der Waals surface area contributed by atoms with Gasteiger partial charge >= 0.3 is 6.36 Å². The summed E-state index contributed by atoms with van der Waals surface area (Å²) in [7, 11) is 0. The van der Waals surface area contributed by atoms with Crippen molar-refractivity contribution in [2.45, 2.75) is 63.5 Å². The van der Waals surface area contributed by atoms with Crippen LogP contribution in [-0.2, 0) is 4.79 Å². The highest BCUT2D eigenvalue weighted by Crippen LogP contribution is 2.43. The normalized spacial score (nSPS) is 30.8. The SMILES string of the molecule is O=C1N(C2CCC(O)CC2)CC[C@]12CCCN(c1cccc(OC(F)(F)F)c1)C2. The van der Waals surface area contributed by atoms with Gasteiger partial charge in [-0.25, -0.2) is 0 Å². The van der Waals surface area contributed by atoms with E-state index in [1.807, 2.05) is 9.80 Å². The number of hydrogen-bond donors (Lipinski definition) is 1. The molecule has 1 spiro atoms. The number of aliphatic hydroxyl groups is 1. The molecule has 1 aromatic rings. The van der Waals surface area contributed by atoms with Gasteiger partial charge in [-0.05, 0) is 57.1 Å². The number of amides is 1. The zero-order valence-electron chi connectivity index (χ0n) is 16.3. The Balaban J connectivity index is 1.47. The molecule has 0 unspecified atom stereocenters. The number of ether oxygens (including phenoxy) is 1. The highest BCUT2D eigenvalue weighted by Gasteiger charge is 2.50. The van der Waals surface area contributed by atoms with Crippen LogP contribution >= 0.6 is 0 Å². The Hall–Kier alpha value is -1.96. The summed E-state index contributed by atoms with van der Waals surface area (Å²) in [5.74, 6) is -0.0685. The predicted molar refractivity (Wildman–Crippen MR) is 102 cm³/mol. The number of alkyl halides is 3. The lowest BCUT2D eigenvalue weighted by Gasteiger charge is -2.41. The van der Waals surface area contributed by atoms with Crippen LogP contribution in [0.15, 0.2) is 24.3 Å². The average molecular weight is 412 g/mol. The van der Waals surface area contributed by atoms with Crippen LogP contribution in [0.2, 0.25) is 0 Å². The molecule has 4 rings (SSSR count). The van der Waals surface area contributed by atoms with Gasteiger partial charge in [0.25, 0.3) is 0 Å². The van der Waals surface area contributed by atoms with E-state index >= 15 is 0 Å². The monoisotopic (exact) mass is 412 g/mol. The van der Waals surface area contributed by atoms with E-state index in [1.165, 1.54) is 12.1 Å². The third-order valence-electron chi connectivity index (χ3n) is 6.65. The van der Waals surface area contributed by atoms with Crippen LogP contribution in [0.1, 0.15) is 44.9 Å². The smallest absolute Gasteiger partial charge is 0.406 e. The second kappa shape index (κ2) is 7.70. The van der Waals surface area contributed by atoms with E-state index in [1.54, 1.807) is 12.1 Å². The molecule has 2 heterocycles. The van der Waals surface area contributed by atoms with E-state index in [4.69, 9.17) is 0 Å². The van der Waals surface area contributed by atoms with E-state index in [0.717, 1.165) is 51.5 Å². The second-order valence-corrected chi connectivity index (χ2v) is 8.56. The van der Waals surface area contributed by atoms with Crippen molar-refractivity contribution in [2.24, 2.45) is 5.41 Å². The summed E-state index contributed by atoms with van der Waals surface area (Å²) < 4.78 is 41.7. The van der Waals surface area contributed by atoms with Gasteiger partial charge in [-0.1, -0.05) is 6.07 Å². The van der Waals surface area contributed by atoms with E-state index in [0.29, 0.717) is 18.8 Å². The first-order valence-electron chi connectivity index (χ1n) is 10.4. The lowest BCUT2D eigenvalue weighted by Crippen LogP contribution is -2.50. The summed E-state index contributed by atoms with van der Waals surface area (Å²) in [5.41, 5.74) is 0.188. The van der Waals surface area contributed by atoms with E-state index < -0.39 is 11.8 Å². The molecule has 5 nitrogen and oxygen atoms in total. The molecule has 1 aliphatic carbocycles. The first kappa shape index (κ1) is 20.3. The minimum atomic E-state index is -4.72. The van der Waals surface area contributed by atoms with Gasteiger partial charge in [0.1, 0.15) is 5.75 Å². The van der Waals surface area contributed by atoms with Crippen molar-refractivity contribution in [2.75, 3.05) is 24.5 Å². The number of halogens is 3. The van der Waals surface area contributed by atoms with Gasteiger partial charge in [0.15, 0.2) is 0 Å². The van der Waals surface area contributed by atoms with Crippen LogP contribution < -0.4 is 9.64 Å².